The van der Waals surface area contributed by atoms with Crippen LogP contribution in [-0.4, -0.2) is 17.7 Å². The van der Waals surface area contributed by atoms with Gasteiger partial charge in [-0.05, 0) is 71.7 Å². The standard InChI is InChI=1S/C28H30O3/c1-7-31-26(30)22-15-19(10-13-25(22)29)28(6)23-14-17(2)8-11-20(23)21-12-9-18(16-24(21)28)27(3,4)5/h8-16,29H,7H2,1-6H3. The van der Waals surface area contributed by atoms with Crippen molar-refractivity contribution in [1.82, 2.24) is 0 Å². The number of phenolic OH excluding ortho intramolecular Hbond substituents is 1. The van der Waals surface area contributed by atoms with Crippen molar-refractivity contribution in [3.63, 3.8) is 0 Å². The third-order valence-electron chi connectivity index (χ3n) is 6.50. The fourth-order valence-electron chi connectivity index (χ4n) is 4.64. The molecule has 1 N–H and O–H groups in total. The zero-order valence-corrected chi connectivity index (χ0v) is 19.2. The highest BCUT2D eigenvalue weighted by molar-refractivity contribution is 5.93. The van der Waals surface area contributed by atoms with E-state index in [1.54, 1.807) is 19.1 Å². The van der Waals surface area contributed by atoms with E-state index in [1.165, 1.54) is 33.4 Å². The number of fused-ring (bicyclic) bond motifs is 3. The summed E-state index contributed by atoms with van der Waals surface area (Å²) < 4.78 is 5.18. The van der Waals surface area contributed by atoms with Crippen molar-refractivity contribution >= 4 is 5.97 Å². The molecule has 4 rings (SSSR count). The quantitative estimate of drug-likeness (QED) is 0.497. The molecule has 0 radical (unpaired) electrons. The van der Waals surface area contributed by atoms with E-state index in [9.17, 15) is 9.90 Å². The first-order valence-electron chi connectivity index (χ1n) is 10.8. The highest BCUT2D eigenvalue weighted by atomic mass is 16.5. The molecule has 0 spiro atoms. The summed E-state index contributed by atoms with van der Waals surface area (Å²) in [6.07, 6.45) is 0. The van der Waals surface area contributed by atoms with E-state index in [0.29, 0.717) is 0 Å². The number of aromatic hydroxyl groups is 1. The van der Waals surface area contributed by atoms with Gasteiger partial charge in [-0.3, -0.25) is 0 Å². The Hall–Kier alpha value is -3.07. The fraction of sp³-hybridized carbons (Fsp3) is 0.321. The van der Waals surface area contributed by atoms with Gasteiger partial charge in [0.05, 0.1) is 6.61 Å². The van der Waals surface area contributed by atoms with Crippen molar-refractivity contribution in [2.75, 3.05) is 6.61 Å². The highest BCUT2D eigenvalue weighted by Gasteiger charge is 2.42. The second-order valence-electron chi connectivity index (χ2n) is 9.64. The number of carbonyl (C=O) groups excluding carboxylic acids is 1. The van der Waals surface area contributed by atoms with Crippen LogP contribution in [0.25, 0.3) is 11.1 Å². The number of rotatable bonds is 3. The second kappa shape index (κ2) is 7.26. The Labute approximate surface area is 184 Å². The molecule has 0 saturated carbocycles. The van der Waals surface area contributed by atoms with Crippen LogP contribution in [-0.2, 0) is 15.6 Å². The van der Waals surface area contributed by atoms with Crippen LogP contribution in [0.5, 0.6) is 5.75 Å². The van der Waals surface area contributed by atoms with E-state index in [2.05, 4.69) is 71.0 Å². The van der Waals surface area contributed by atoms with Gasteiger partial charge in [0.25, 0.3) is 0 Å². The summed E-state index contributed by atoms with van der Waals surface area (Å²) in [6, 6.07) is 18.6. The van der Waals surface area contributed by atoms with Crippen molar-refractivity contribution in [1.29, 1.82) is 0 Å². The number of esters is 1. The number of aryl methyl sites for hydroxylation is 1. The Kier molecular flexibility index (Phi) is 4.96. The topological polar surface area (TPSA) is 46.5 Å². The smallest absolute Gasteiger partial charge is 0.341 e. The number of hydrogen-bond donors (Lipinski definition) is 1. The van der Waals surface area contributed by atoms with Crippen LogP contribution in [0.1, 0.15) is 72.8 Å². The summed E-state index contributed by atoms with van der Waals surface area (Å²) in [5.74, 6) is -0.562. The SMILES string of the molecule is CCOC(=O)c1cc(C2(C)c3cc(C)ccc3-c3ccc(C(C)(C)C)cc32)ccc1O. The second-order valence-corrected chi connectivity index (χ2v) is 9.64. The lowest BCUT2D eigenvalue weighted by atomic mass is 9.72. The van der Waals surface area contributed by atoms with E-state index < -0.39 is 11.4 Å². The Bertz CT molecular complexity index is 1180. The molecule has 3 aromatic rings. The van der Waals surface area contributed by atoms with Crippen molar-refractivity contribution in [3.05, 3.63) is 88.0 Å². The number of hydrogen-bond acceptors (Lipinski definition) is 3. The van der Waals surface area contributed by atoms with Crippen molar-refractivity contribution in [2.45, 2.75) is 52.4 Å². The number of benzene rings is 3. The van der Waals surface area contributed by atoms with Gasteiger partial charge in [0.1, 0.15) is 11.3 Å². The number of carbonyl (C=O) groups is 1. The van der Waals surface area contributed by atoms with E-state index in [4.69, 9.17) is 4.74 Å². The van der Waals surface area contributed by atoms with Crippen LogP contribution in [0.4, 0.5) is 0 Å². The van der Waals surface area contributed by atoms with E-state index in [-0.39, 0.29) is 23.3 Å². The van der Waals surface area contributed by atoms with E-state index >= 15 is 0 Å². The Morgan fingerprint density at radius 1 is 0.968 bits per heavy atom. The normalized spacial score (nSPS) is 17.2. The molecule has 0 saturated heterocycles. The maximum absolute atomic E-state index is 12.5. The predicted octanol–water partition coefficient (Wildman–Crippen LogP) is 6.51. The Morgan fingerprint density at radius 3 is 2.26 bits per heavy atom. The molecule has 0 amide bonds. The molecule has 1 atom stereocenters. The van der Waals surface area contributed by atoms with E-state index in [0.717, 1.165) is 5.56 Å². The molecule has 1 unspecified atom stereocenters. The molecule has 1 aliphatic carbocycles. The lowest BCUT2D eigenvalue weighted by Crippen LogP contribution is -2.24. The Balaban J connectivity index is 2.01. The van der Waals surface area contributed by atoms with Gasteiger partial charge in [-0.25, -0.2) is 4.79 Å². The first-order valence-corrected chi connectivity index (χ1v) is 10.8. The maximum Gasteiger partial charge on any atom is 0.341 e. The van der Waals surface area contributed by atoms with Gasteiger partial charge in [0, 0.05) is 5.41 Å². The minimum absolute atomic E-state index is 0.0195. The minimum atomic E-state index is -0.503. The molecule has 0 heterocycles. The molecule has 31 heavy (non-hydrogen) atoms. The summed E-state index contributed by atoms with van der Waals surface area (Å²) in [4.78, 5) is 12.5. The van der Waals surface area contributed by atoms with Crippen LogP contribution < -0.4 is 0 Å². The third kappa shape index (κ3) is 3.33. The molecular weight excluding hydrogens is 384 g/mol. The summed E-state index contributed by atoms with van der Waals surface area (Å²) in [6.45, 7) is 13.0. The van der Waals surface area contributed by atoms with Gasteiger partial charge >= 0.3 is 5.97 Å². The van der Waals surface area contributed by atoms with Crippen molar-refractivity contribution < 1.29 is 14.6 Å². The zero-order valence-electron chi connectivity index (χ0n) is 19.2. The molecule has 160 valence electrons. The molecule has 3 heteroatoms. The molecule has 1 aliphatic rings. The van der Waals surface area contributed by atoms with Crippen LogP contribution in [0, 0.1) is 6.92 Å². The summed E-state index contributed by atoms with van der Waals surface area (Å²) in [5.41, 5.74) is 8.07. The first kappa shape index (κ1) is 21.2. The molecule has 3 nitrogen and oxygen atoms in total. The van der Waals surface area contributed by atoms with Crippen molar-refractivity contribution in [2.24, 2.45) is 0 Å². The van der Waals surface area contributed by atoms with Crippen LogP contribution in [0.3, 0.4) is 0 Å². The average Bonchev–Trinajstić information content (AvgIpc) is 2.96. The van der Waals surface area contributed by atoms with Crippen LogP contribution in [0.2, 0.25) is 0 Å². The molecule has 0 bridgehead atoms. The fourth-order valence-corrected chi connectivity index (χ4v) is 4.64. The molecule has 0 fully saturated rings. The summed E-state index contributed by atoms with van der Waals surface area (Å²) in [5, 5.41) is 10.3. The van der Waals surface area contributed by atoms with Gasteiger partial charge in [-0.2, -0.15) is 0 Å². The van der Waals surface area contributed by atoms with Gasteiger partial charge in [-0.15, -0.1) is 0 Å². The highest BCUT2D eigenvalue weighted by Crippen LogP contribution is 2.53. The molecule has 3 aromatic carbocycles. The van der Waals surface area contributed by atoms with Crippen LogP contribution >= 0.6 is 0 Å². The summed E-state index contributed by atoms with van der Waals surface area (Å²) >= 11 is 0. The van der Waals surface area contributed by atoms with Crippen LogP contribution in [0.15, 0.2) is 54.6 Å². The largest absolute Gasteiger partial charge is 0.507 e. The Morgan fingerprint density at radius 2 is 1.61 bits per heavy atom. The lowest BCUT2D eigenvalue weighted by molar-refractivity contribution is 0.0523. The van der Waals surface area contributed by atoms with Gasteiger partial charge in [0.15, 0.2) is 0 Å². The predicted molar refractivity (Wildman–Crippen MR) is 125 cm³/mol. The average molecular weight is 415 g/mol. The summed E-state index contributed by atoms with van der Waals surface area (Å²) in [7, 11) is 0. The maximum atomic E-state index is 12.5. The number of phenols is 1. The molecular formula is C28H30O3. The third-order valence-corrected chi connectivity index (χ3v) is 6.50. The lowest BCUT2D eigenvalue weighted by Gasteiger charge is -2.30. The number of ether oxygens (including phenoxy) is 1. The van der Waals surface area contributed by atoms with Crippen molar-refractivity contribution in [3.8, 4) is 16.9 Å². The van der Waals surface area contributed by atoms with E-state index in [1.807, 2.05) is 6.07 Å². The van der Waals surface area contributed by atoms with Gasteiger partial charge in [0.2, 0.25) is 0 Å². The van der Waals surface area contributed by atoms with Gasteiger partial charge < -0.3 is 9.84 Å². The molecule has 0 aromatic heterocycles. The minimum Gasteiger partial charge on any atom is -0.507 e. The molecule has 0 aliphatic heterocycles. The van der Waals surface area contributed by atoms with Gasteiger partial charge in [-0.1, -0.05) is 68.8 Å². The monoisotopic (exact) mass is 414 g/mol. The zero-order chi connectivity index (χ0) is 22.6. The first-order chi connectivity index (χ1) is 14.6.